The van der Waals surface area contributed by atoms with Gasteiger partial charge in [-0.2, -0.15) is 0 Å². The van der Waals surface area contributed by atoms with Crippen molar-refractivity contribution in [1.29, 1.82) is 0 Å². The van der Waals surface area contributed by atoms with E-state index in [2.05, 4.69) is 6.92 Å². The number of rotatable bonds is 1. The van der Waals surface area contributed by atoms with E-state index in [-0.39, 0.29) is 17.1 Å². The molecule has 0 bridgehead atoms. The molecule has 1 saturated heterocycles. The van der Waals surface area contributed by atoms with Gasteiger partial charge in [0.05, 0.1) is 5.38 Å². The van der Waals surface area contributed by atoms with Crippen LogP contribution in [0.5, 0.6) is 0 Å². The second-order valence-corrected chi connectivity index (χ2v) is 6.23. The molecule has 0 N–H and O–H groups in total. The summed E-state index contributed by atoms with van der Waals surface area (Å²) < 4.78 is 13.8. The highest BCUT2D eigenvalue weighted by molar-refractivity contribution is 6.21. The van der Waals surface area contributed by atoms with Crippen LogP contribution in [0.2, 0.25) is 0 Å². The molecule has 2 aromatic carbocycles. The van der Waals surface area contributed by atoms with Gasteiger partial charge in [0.15, 0.2) is 0 Å². The van der Waals surface area contributed by atoms with Crippen LogP contribution in [0.3, 0.4) is 0 Å². The van der Waals surface area contributed by atoms with Crippen molar-refractivity contribution in [1.82, 2.24) is 4.90 Å². The van der Waals surface area contributed by atoms with Crippen molar-refractivity contribution < 1.29 is 9.18 Å². The van der Waals surface area contributed by atoms with Crippen molar-refractivity contribution in [3.05, 3.63) is 47.8 Å². The molecule has 0 radical (unpaired) electrons. The molecule has 3 rings (SSSR count). The number of hydrogen-bond acceptors (Lipinski definition) is 1. The molecule has 2 aromatic rings. The third-order valence-electron chi connectivity index (χ3n) is 4.26. The molecule has 2 atom stereocenters. The maximum Gasteiger partial charge on any atom is 0.254 e. The lowest BCUT2D eigenvalue weighted by molar-refractivity contribution is 0.0703. The Hall–Kier alpha value is -1.61. The fourth-order valence-corrected chi connectivity index (χ4v) is 3.12. The van der Waals surface area contributed by atoms with Crippen molar-refractivity contribution >= 4 is 28.3 Å². The molecule has 2 unspecified atom stereocenters. The van der Waals surface area contributed by atoms with E-state index in [4.69, 9.17) is 11.6 Å². The van der Waals surface area contributed by atoms with E-state index in [0.717, 1.165) is 6.42 Å². The molecule has 1 amide bonds. The highest BCUT2D eigenvalue weighted by Crippen LogP contribution is 2.26. The first-order valence-corrected chi connectivity index (χ1v) is 7.62. The SMILES string of the molecule is CC1CCN(C(=O)c2ccc(F)c3ccccc23)CC1Cl. The van der Waals surface area contributed by atoms with Crippen LogP contribution in [0.4, 0.5) is 4.39 Å². The minimum Gasteiger partial charge on any atom is -0.337 e. The summed E-state index contributed by atoms with van der Waals surface area (Å²) in [6, 6.07) is 10.0. The lowest BCUT2D eigenvalue weighted by Gasteiger charge is -2.34. The molecule has 1 aliphatic heterocycles. The minimum atomic E-state index is -0.301. The maximum atomic E-state index is 13.8. The van der Waals surface area contributed by atoms with Crippen LogP contribution in [0.1, 0.15) is 23.7 Å². The Balaban J connectivity index is 1.97. The molecule has 0 aliphatic carbocycles. The number of nitrogens with zero attached hydrogens (tertiary/aromatic N) is 1. The summed E-state index contributed by atoms with van der Waals surface area (Å²) in [4.78, 5) is 14.5. The number of alkyl halides is 1. The van der Waals surface area contributed by atoms with Crippen molar-refractivity contribution in [2.45, 2.75) is 18.7 Å². The normalized spacial score (nSPS) is 22.5. The van der Waals surface area contributed by atoms with Gasteiger partial charge in [0.2, 0.25) is 0 Å². The molecule has 1 aliphatic rings. The van der Waals surface area contributed by atoms with E-state index in [1.807, 2.05) is 6.07 Å². The molecular weight excluding hydrogens is 289 g/mol. The molecule has 0 spiro atoms. The molecule has 1 fully saturated rings. The predicted molar refractivity (Wildman–Crippen MR) is 83.2 cm³/mol. The standard InChI is InChI=1S/C17H17ClFNO/c1-11-8-9-20(10-15(11)18)17(21)14-6-7-16(19)13-5-3-2-4-12(13)14/h2-7,11,15H,8-10H2,1H3. The first kappa shape index (κ1) is 14.3. The van der Waals surface area contributed by atoms with Crippen LogP contribution in [0.15, 0.2) is 36.4 Å². The smallest absolute Gasteiger partial charge is 0.254 e. The number of halogens is 2. The largest absolute Gasteiger partial charge is 0.337 e. The second-order valence-electron chi connectivity index (χ2n) is 5.67. The Morgan fingerprint density at radius 2 is 1.95 bits per heavy atom. The number of likely N-dealkylation sites (tertiary alicyclic amines) is 1. The summed E-state index contributed by atoms with van der Waals surface area (Å²) >= 11 is 6.28. The van der Waals surface area contributed by atoms with E-state index in [9.17, 15) is 9.18 Å². The van der Waals surface area contributed by atoms with Gasteiger partial charge in [-0.05, 0) is 29.9 Å². The van der Waals surface area contributed by atoms with Crippen molar-refractivity contribution in [2.75, 3.05) is 13.1 Å². The summed E-state index contributed by atoms with van der Waals surface area (Å²) in [6.45, 7) is 3.36. The summed E-state index contributed by atoms with van der Waals surface area (Å²) in [7, 11) is 0. The zero-order valence-electron chi connectivity index (χ0n) is 11.9. The molecule has 1 heterocycles. The van der Waals surface area contributed by atoms with Gasteiger partial charge in [0, 0.05) is 24.0 Å². The Labute approximate surface area is 128 Å². The number of carbonyl (C=O) groups excluding carboxylic acids is 1. The zero-order valence-corrected chi connectivity index (χ0v) is 12.6. The Morgan fingerprint density at radius 3 is 2.67 bits per heavy atom. The zero-order chi connectivity index (χ0) is 15.0. The summed E-state index contributed by atoms with van der Waals surface area (Å²) in [6.07, 6.45) is 0.902. The van der Waals surface area contributed by atoms with Gasteiger partial charge in [-0.25, -0.2) is 4.39 Å². The van der Waals surface area contributed by atoms with Gasteiger partial charge in [0.1, 0.15) is 5.82 Å². The van der Waals surface area contributed by atoms with Crippen molar-refractivity contribution in [2.24, 2.45) is 5.92 Å². The van der Waals surface area contributed by atoms with Crippen molar-refractivity contribution in [3.63, 3.8) is 0 Å². The molecule has 0 aromatic heterocycles. The third-order valence-corrected chi connectivity index (χ3v) is 4.82. The van der Waals surface area contributed by atoms with E-state index >= 15 is 0 Å². The highest BCUT2D eigenvalue weighted by Gasteiger charge is 2.28. The average molecular weight is 306 g/mol. The van der Waals surface area contributed by atoms with Crippen LogP contribution in [0, 0.1) is 11.7 Å². The molecule has 0 saturated carbocycles. The lowest BCUT2D eigenvalue weighted by atomic mass is 9.97. The van der Waals surface area contributed by atoms with Gasteiger partial charge in [-0.1, -0.05) is 31.2 Å². The predicted octanol–water partition coefficient (Wildman–Crippen LogP) is 4.07. The van der Waals surface area contributed by atoms with E-state index in [1.54, 1.807) is 29.2 Å². The lowest BCUT2D eigenvalue weighted by Crippen LogP contribution is -2.43. The Bertz CT molecular complexity index is 688. The number of piperidine rings is 1. The van der Waals surface area contributed by atoms with Crippen LogP contribution in [-0.4, -0.2) is 29.3 Å². The number of carbonyl (C=O) groups is 1. The van der Waals surface area contributed by atoms with Gasteiger partial charge in [-0.15, -0.1) is 11.6 Å². The molecule has 2 nitrogen and oxygen atoms in total. The summed E-state index contributed by atoms with van der Waals surface area (Å²) in [5, 5.41) is 1.12. The topological polar surface area (TPSA) is 20.3 Å². The van der Waals surface area contributed by atoms with Crippen LogP contribution < -0.4 is 0 Å². The number of benzene rings is 2. The van der Waals surface area contributed by atoms with Gasteiger partial charge >= 0.3 is 0 Å². The molecule has 4 heteroatoms. The average Bonchev–Trinajstić information content (AvgIpc) is 2.50. The van der Waals surface area contributed by atoms with Gasteiger partial charge in [-0.3, -0.25) is 4.79 Å². The van der Waals surface area contributed by atoms with Crippen LogP contribution in [-0.2, 0) is 0 Å². The monoisotopic (exact) mass is 305 g/mol. The third kappa shape index (κ3) is 2.62. The van der Waals surface area contributed by atoms with Gasteiger partial charge in [0.25, 0.3) is 5.91 Å². The molecular formula is C17H17ClFNO. The fourth-order valence-electron chi connectivity index (χ4n) is 2.83. The van der Waals surface area contributed by atoms with E-state index in [1.165, 1.54) is 6.07 Å². The van der Waals surface area contributed by atoms with Crippen LogP contribution >= 0.6 is 11.6 Å². The Morgan fingerprint density at radius 1 is 1.24 bits per heavy atom. The quantitative estimate of drug-likeness (QED) is 0.727. The van der Waals surface area contributed by atoms with Crippen molar-refractivity contribution in [3.8, 4) is 0 Å². The second kappa shape index (κ2) is 5.64. The number of amides is 1. The van der Waals surface area contributed by atoms with E-state index in [0.29, 0.717) is 35.3 Å². The minimum absolute atomic E-state index is 0.0191. The van der Waals surface area contributed by atoms with E-state index < -0.39 is 0 Å². The summed E-state index contributed by atoms with van der Waals surface area (Å²) in [5.74, 6) is 0.0501. The fraction of sp³-hybridized carbons (Fsp3) is 0.353. The first-order valence-electron chi connectivity index (χ1n) is 7.18. The Kier molecular flexibility index (Phi) is 3.85. The van der Waals surface area contributed by atoms with Crippen LogP contribution in [0.25, 0.3) is 10.8 Å². The number of hydrogen-bond donors (Lipinski definition) is 0. The molecule has 110 valence electrons. The summed E-state index contributed by atoms with van der Waals surface area (Å²) in [5.41, 5.74) is 0.547. The molecule has 21 heavy (non-hydrogen) atoms. The first-order chi connectivity index (χ1) is 10.1. The maximum absolute atomic E-state index is 13.8. The highest BCUT2D eigenvalue weighted by atomic mass is 35.5. The number of fused-ring (bicyclic) bond motifs is 1. The van der Waals surface area contributed by atoms with Gasteiger partial charge < -0.3 is 4.90 Å².